The van der Waals surface area contributed by atoms with E-state index in [4.69, 9.17) is 0 Å². The number of hydrogen-bond acceptors (Lipinski definition) is 2. The topological polar surface area (TPSA) is 26.3 Å². The highest BCUT2D eigenvalue weighted by Crippen LogP contribution is 2.27. The number of ether oxygens (including phenoxy) is 1. The molecule has 6 heteroatoms. The van der Waals surface area contributed by atoms with Gasteiger partial charge in [-0.3, -0.25) is 4.79 Å². The zero-order chi connectivity index (χ0) is 14.8. The molecule has 0 spiro atoms. The molecule has 0 aromatic heterocycles. The van der Waals surface area contributed by atoms with Gasteiger partial charge in [0.15, 0.2) is 5.78 Å². The van der Waals surface area contributed by atoms with Gasteiger partial charge in [-0.1, -0.05) is 22.0 Å². The largest absolute Gasteiger partial charge is 0.411 e. The first kappa shape index (κ1) is 16.2. The van der Waals surface area contributed by atoms with Gasteiger partial charge in [0.05, 0.1) is 0 Å². The second kappa shape index (κ2) is 6.05. The minimum atomic E-state index is -4.42. The van der Waals surface area contributed by atoms with E-state index in [0.29, 0.717) is 5.56 Å². The first-order chi connectivity index (χ1) is 8.63. The number of ketones is 1. The number of benzene rings is 1. The van der Waals surface area contributed by atoms with Crippen molar-refractivity contribution >= 4 is 21.7 Å². The number of rotatable bonds is 4. The molecule has 0 N–H and O–H groups in total. The summed E-state index contributed by atoms with van der Waals surface area (Å²) in [4.78, 5) is 11.9. The highest BCUT2D eigenvalue weighted by Gasteiger charge is 2.28. The zero-order valence-electron chi connectivity index (χ0n) is 10.8. The normalized spacial score (nSPS) is 11.7. The minimum Gasteiger partial charge on any atom is -0.364 e. The number of carbonyl (C=O) groups is 1. The Labute approximate surface area is 118 Å². The quantitative estimate of drug-likeness (QED) is 0.771. The average Bonchev–Trinajstić information content (AvgIpc) is 2.24. The highest BCUT2D eigenvalue weighted by atomic mass is 79.9. The summed E-state index contributed by atoms with van der Waals surface area (Å²) in [7, 11) is 0. The van der Waals surface area contributed by atoms with Crippen LogP contribution in [0.2, 0.25) is 0 Å². The molecule has 106 valence electrons. The molecule has 0 atom stereocenters. The van der Waals surface area contributed by atoms with Gasteiger partial charge in [0, 0.05) is 10.0 Å². The van der Waals surface area contributed by atoms with Crippen LogP contribution >= 0.6 is 15.9 Å². The van der Waals surface area contributed by atoms with Crippen molar-refractivity contribution in [1.29, 1.82) is 0 Å². The number of hydrogen-bond donors (Lipinski definition) is 0. The fourth-order valence-electron chi connectivity index (χ4n) is 1.92. The van der Waals surface area contributed by atoms with E-state index in [0.717, 1.165) is 21.2 Å². The van der Waals surface area contributed by atoms with Crippen molar-refractivity contribution in [2.45, 2.75) is 26.9 Å². The van der Waals surface area contributed by atoms with E-state index in [9.17, 15) is 18.0 Å². The molecule has 0 radical (unpaired) electrons. The molecular formula is C13H14BrF3O2. The molecule has 19 heavy (non-hydrogen) atoms. The number of aryl methyl sites for hydroxylation is 2. The molecule has 0 aliphatic carbocycles. The maximum absolute atomic E-state index is 11.9. The van der Waals surface area contributed by atoms with Gasteiger partial charge in [-0.25, -0.2) is 0 Å². The molecular weight excluding hydrogens is 325 g/mol. The van der Waals surface area contributed by atoms with Crippen molar-refractivity contribution in [2.75, 3.05) is 13.2 Å². The Bertz CT molecular complexity index is 496. The van der Waals surface area contributed by atoms with Crippen LogP contribution in [-0.2, 0) is 4.74 Å². The molecule has 0 heterocycles. The minimum absolute atomic E-state index is 0.416. The summed E-state index contributed by atoms with van der Waals surface area (Å²) < 4.78 is 41.0. The van der Waals surface area contributed by atoms with Crippen LogP contribution in [0.5, 0.6) is 0 Å². The van der Waals surface area contributed by atoms with Crippen molar-refractivity contribution in [3.8, 4) is 0 Å². The predicted octanol–water partition coefficient (Wildman–Crippen LogP) is 4.14. The van der Waals surface area contributed by atoms with Gasteiger partial charge in [0.1, 0.15) is 13.2 Å². The van der Waals surface area contributed by atoms with E-state index < -0.39 is 25.2 Å². The lowest BCUT2D eigenvalue weighted by Gasteiger charge is -2.13. The lowest BCUT2D eigenvalue weighted by Crippen LogP contribution is -2.21. The standard InChI is InChI=1S/C13H14BrF3O2/c1-7-4-8(2)12(14)9(3)11(7)10(18)5-19-6-13(15,16)17/h4H,5-6H2,1-3H3. The molecule has 1 aromatic rings. The second-order valence-electron chi connectivity index (χ2n) is 4.36. The summed E-state index contributed by atoms with van der Waals surface area (Å²) in [5, 5.41) is 0. The van der Waals surface area contributed by atoms with Crippen LogP contribution in [0.25, 0.3) is 0 Å². The van der Waals surface area contributed by atoms with Crippen molar-refractivity contribution in [2.24, 2.45) is 0 Å². The summed E-state index contributed by atoms with van der Waals surface area (Å²) in [5.74, 6) is -0.444. The number of Topliss-reactive ketones (excluding diaryl/α,β-unsaturated/α-hetero) is 1. The molecule has 0 aliphatic heterocycles. The van der Waals surface area contributed by atoms with E-state index >= 15 is 0 Å². The predicted molar refractivity (Wildman–Crippen MR) is 69.6 cm³/mol. The molecule has 0 bridgehead atoms. The average molecular weight is 339 g/mol. The molecule has 1 aromatic carbocycles. The maximum Gasteiger partial charge on any atom is 0.411 e. The highest BCUT2D eigenvalue weighted by molar-refractivity contribution is 9.10. The molecule has 2 nitrogen and oxygen atoms in total. The number of carbonyl (C=O) groups excluding carboxylic acids is 1. The molecule has 1 rings (SSSR count). The fourth-order valence-corrected chi connectivity index (χ4v) is 2.23. The van der Waals surface area contributed by atoms with Crippen LogP contribution in [0.3, 0.4) is 0 Å². The van der Waals surface area contributed by atoms with Gasteiger partial charge in [-0.05, 0) is 37.5 Å². The molecule has 0 aliphatic rings. The first-order valence-electron chi connectivity index (χ1n) is 5.57. The number of alkyl halides is 3. The maximum atomic E-state index is 11.9. The third-order valence-electron chi connectivity index (χ3n) is 2.66. The molecule has 0 amide bonds. The van der Waals surface area contributed by atoms with Crippen LogP contribution in [0.15, 0.2) is 10.5 Å². The van der Waals surface area contributed by atoms with Gasteiger partial charge in [-0.2, -0.15) is 13.2 Å². The zero-order valence-corrected chi connectivity index (χ0v) is 12.4. The molecule has 0 saturated heterocycles. The first-order valence-corrected chi connectivity index (χ1v) is 6.36. The van der Waals surface area contributed by atoms with E-state index in [1.165, 1.54) is 0 Å². The summed E-state index contributed by atoms with van der Waals surface area (Å²) in [6.45, 7) is 3.41. The summed E-state index contributed by atoms with van der Waals surface area (Å²) >= 11 is 3.36. The van der Waals surface area contributed by atoms with Gasteiger partial charge < -0.3 is 4.74 Å². The van der Waals surface area contributed by atoms with E-state index in [1.807, 2.05) is 13.0 Å². The van der Waals surface area contributed by atoms with Crippen molar-refractivity contribution < 1.29 is 22.7 Å². The lowest BCUT2D eigenvalue weighted by atomic mass is 9.97. The molecule has 0 saturated carbocycles. The van der Waals surface area contributed by atoms with Crippen LogP contribution in [0.4, 0.5) is 13.2 Å². The Kier molecular flexibility index (Phi) is 5.15. The van der Waals surface area contributed by atoms with Crippen LogP contribution < -0.4 is 0 Å². The van der Waals surface area contributed by atoms with Gasteiger partial charge in [0.25, 0.3) is 0 Å². The Morgan fingerprint density at radius 1 is 1.26 bits per heavy atom. The SMILES string of the molecule is Cc1cc(C)c(C(=O)COCC(F)(F)F)c(C)c1Br. The van der Waals surface area contributed by atoms with E-state index in [2.05, 4.69) is 20.7 Å². The second-order valence-corrected chi connectivity index (χ2v) is 5.15. The molecule has 0 unspecified atom stereocenters. The third kappa shape index (κ3) is 4.31. The van der Waals surface area contributed by atoms with Gasteiger partial charge in [0.2, 0.25) is 0 Å². The Morgan fingerprint density at radius 3 is 2.37 bits per heavy atom. The van der Waals surface area contributed by atoms with Crippen LogP contribution in [-0.4, -0.2) is 25.2 Å². The smallest absolute Gasteiger partial charge is 0.364 e. The van der Waals surface area contributed by atoms with Crippen molar-refractivity contribution in [3.63, 3.8) is 0 Å². The Morgan fingerprint density at radius 2 is 1.84 bits per heavy atom. The van der Waals surface area contributed by atoms with Crippen LogP contribution in [0, 0.1) is 20.8 Å². The van der Waals surface area contributed by atoms with Crippen molar-refractivity contribution in [1.82, 2.24) is 0 Å². The molecule has 0 fully saturated rings. The summed E-state index contributed by atoms with van der Waals surface area (Å²) in [6.07, 6.45) is -4.42. The van der Waals surface area contributed by atoms with Gasteiger partial charge in [-0.15, -0.1) is 0 Å². The third-order valence-corrected chi connectivity index (χ3v) is 3.88. The number of halogens is 4. The Balaban J connectivity index is 2.86. The Hall–Kier alpha value is -0.880. The lowest BCUT2D eigenvalue weighted by molar-refractivity contribution is -0.170. The van der Waals surface area contributed by atoms with Gasteiger partial charge >= 0.3 is 6.18 Å². The van der Waals surface area contributed by atoms with E-state index in [-0.39, 0.29) is 0 Å². The summed E-state index contributed by atoms with van der Waals surface area (Å²) in [6, 6.07) is 1.81. The monoisotopic (exact) mass is 338 g/mol. The fraction of sp³-hybridized carbons (Fsp3) is 0.462. The summed E-state index contributed by atoms with van der Waals surface area (Å²) in [5.41, 5.74) is 2.85. The van der Waals surface area contributed by atoms with Crippen LogP contribution in [0.1, 0.15) is 27.0 Å². The van der Waals surface area contributed by atoms with Crippen molar-refractivity contribution in [3.05, 3.63) is 32.8 Å². The van der Waals surface area contributed by atoms with E-state index in [1.54, 1.807) is 13.8 Å².